The maximum absolute atomic E-state index is 12.5. The lowest BCUT2D eigenvalue weighted by atomic mass is 9.94. The molecule has 0 aliphatic heterocycles. The van der Waals surface area contributed by atoms with Crippen molar-refractivity contribution < 1.29 is 4.79 Å². The monoisotopic (exact) mass is 437 g/mol. The van der Waals surface area contributed by atoms with Gasteiger partial charge in [-0.3, -0.25) is 14.5 Å². The summed E-state index contributed by atoms with van der Waals surface area (Å²) in [6.45, 7) is 2.04. The van der Waals surface area contributed by atoms with Gasteiger partial charge in [0.05, 0.1) is 18.0 Å². The molecule has 0 bridgehead atoms. The van der Waals surface area contributed by atoms with Crippen LogP contribution >= 0.6 is 0 Å². The first-order valence-electron chi connectivity index (χ1n) is 10.8. The second kappa shape index (κ2) is 8.02. The normalized spacial score (nSPS) is 17.0. The van der Waals surface area contributed by atoms with Crippen LogP contribution in [0.15, 0.2) is 49.1 Å². The zero-order valence-corrected chi connectivity index (χ0v) is 18.4. The highest BCUT2D eigenvalue weighted by Crippen LogP contribution is 2.42. The number of anilines is 2. The number of aryl methyl sites for hydroxylation is 2. The second-order valence-corrected chi connectivity index (χ2v) is 8.56. The van der Waals surface area contributed by atoms with Crippen molar-refractivity contribution in [1.82, 2.24) is 19.7 Å². The first-order chi connectivity index (χ1) is 15.9. The van der Waals surface area contributed by atoms with Gasteiger partial charge in [-0.2, -0.15) is 10.4 Å². The predicted octanol–water partition coefficient (Wildman–Crippen LogP) is 4.08. The molecule has 1 aliphatic rings. The van der Waals surface area contributed by atoms with Gasteiger partial charge in [-0.05, 0) is 60.0 Å². The number of carbonyl (C=O) groups excluding carboxylic acids is 1. The second-order valence-electron chi connectivity index (χ2n) is 8.56. The number of nitriles is 1. The van der Waals surface area contributed by atoms with Crippen molar-refractivity contribution in [3.05, 3.63) is 54.6 Å². The topological polar surface area (TPSA) is 123 Å². The van der Waals surface area contributed by atoms with Crippen LogP contribution in [0.5, 0.6) is 0 Å². The fourth-order valence-corrected chi connectivity index (χ4v) is 4.31. The number of nitrogens with two attached hydrogens (primary N) is 1. The molecule has 33 heavy (non-hydrogen) atoms. The van der Waals surface area contributed by atoms with Crippen molar-refractivity contribution >= 4 is 28.2 Å². The van der Waals surface area contributed by atoms with E-state index >= 15 is 0 Å². The summed E-state index contributed by atoms with van der Waals surface area (Å²) < 4.78 is 1.75. The first kappa shape index (κ1) is 20.6. The summed E-state index contributed by atoms with van der Waals surface area (Å²) in [6, 6.07) is 9.92. The van der Waals surface area contributed by atoms with Crippen LogP contribution in [0.4, 0.5) is 11.5 Å². The molecule has 3 heterocycles. The van der Waals surface area contributed by atoms with Gasteiger partial charge in [-0.1, -0.05) is 0 Å². The number of benzene rings is 1. The minimum Gasteiger partial charge on any atom is -0.398 e. The number of hydrogen-bond acceptors (Lipinski definition) is 6. The van der Waals surface area contributed by atoms with E-state index in [1.165, 1.54) is 0 Å². The Morgan fingerprint density at radius 2 is 2.12 bits per heavy atom. The Balaban J connectivity index is 1.53. The maximum Gasteiger partial charge on any atom is 0.228 e. The van der Waals surface area contributed by atoms with Crippen LogP contribution in [0.2, 0.25) is 0 Å². The summed E-state index contributed by atoms with van der Waals surface area (Å²) in [5, 5.41) is 17.7. The Bertz CT molecular complexity index is 1430. The van der Waals surface area contributed by atoms with Crippen molar-refractivity contribution in [1.29, 1.82) is 5.26 Å². The minimum absolute atomic E-state index is 0.0896. The van der Waals surface area contributed by atoms with Gasteiger partial charge < -0.3 is 11.1 Å². The fraction of sp³-hybridized carbons (Fsp3) is 0.240. The van der Waals surface area contributed by atoms with Crippen LogP contribution in [-0.4, -0.2) is 25.7 Å². The molecule has 3 aromatic heterocycles. The van der Waals surface area contributed by atoms with Gasteiger partial charge in [-0.15, -0.1) is 0 Å². The zero-order chi connectivity index (χ0) is 23.1. The molecule has 8 nitrogen and oxygen atoms in total. The van der Waals surface area contributed by atoms with Crippen LogP contribution in [0.1, 0.15) is 18.4 Å². The number of amides is 1. The summed E-state index contributed by atoms with van der Waals surface area (Å²) in [5.74, 6) is 0.422. The Morgan fingerprint density at radius 1 is 1.27 bits per heavy atom. The smallest absolute Gasteiger partial charge is 0.228 e. The minimum atomic E-state index is -0.112. The predicted molar refractivity (Wildman–Crippen MR) is 127 cm³/mol. The quantitative estimate of drug-likeness (QED) is 0.454. The first-order valence-corrected chi connectivity index (χ1v) is 10.8. The van der Waals surface area contributed by atoms with Crippen molar-refractivity contribution in [3.63, 3.8) is 0 Å². The number of rotatable bonds is 5. The largest absolute Gasteiger partial charge is 0.398 e. The van der Waals surface area contributed by atoms with E-state index < -0.39 is 0 Å². The Hall–Kier alpha value is -4.25. The number of nitrogen functional groups attached to an aromatic ring is 1. The zero-order valence-electron chi connectivity index (χ0n) is 18.4. The summed E-state index contributed by atoms with van der Waals surface area (Å²) in [6.07, 6.45) is 8.37. The van der Waals surface area contributed by atoms with Gasteiger partial charge in [0.1, 0.15) is 5.82 Å². The molecule has 0 spiro atoms. The molecular weight excluding hydrogens is 414 g/mol. The molecule has 1 aliphatic carbocycles. The molecule has 1 aromatic carbocycles. The Labute approximate surface area is 191 Å². The van der Waals surface area contributed by atoms with E-state index in [-0.39, 0.29) is 17.7 Å². The van der Waals surface area contributed by atoms with Crippen molar-refractivity contribution in [2.24, 2.45) is 18.9 Å². The molecule has 0 radical (unpaired) electrons. The number of carbonyl (C=O) groups is 1. The van der Waals surface area contributed by atoms with Gasteiger partial charge in [0.25, 0.3) is 0 Å². The highest BCUT2D eigenvalue weighted by Gasteiger charge is 2.42. The van der Waals surface area contributed by atoms with E-state index in [1.54, 1.807) is 23.3 Å². The van der Waals surface area contributed by atoms with Crippen LogP contribution in [0.3, 0.4) is 0 Å². The van der Waals surface area contributed by atoms with Gasteiger partial charge >= 0.3 is 0 Å². The van der Waals surface area contributed by atoms with Crippen molar-refractivity contribution in [3.8, 4) is 28.5 Å². The number of hydrogen-bond donors (Lipinski definition) is 2. The number of pyridine rings is 2. The fourth-order valence-electron chi connectivity index (χ4n) is 4.31. The third-order valence-electron chi connectivity index (χ3n) is 6.16. The highest BCUT2D eigenvalue weighted by atomic mass is 16.2. The molecule has 8 heteroatoms. The van der Waals surface area contributed by atoms with Gasteiger partial charge in [0.15, 0.2) is 0 Å². The number of nitrogens with one attached hydrogen (secondary N) is 1. The number of fused-ring (bicyclic) bond motifs is 1. The van der Waals surface area contributed by atoms with Gasteiger partial charge in [-0.25, -0.2) is 4.98 Å². The highest BCUT2D eigenvalue weighted by molar-refractivity contribution is 6.01. The SMILES string of the molecule is Cc1ccnc(-c2cnn(C)c2)c1-c1cc(N)c2cnc(NC(=O)C3CC3CC#N)cc2c1. The molecular formula is C25H23N7O. The molecule has 4 aromatic rings. The molecule has 2 atom stereocenters. The average molecular weight is 438 g/mol. The molecule has 164 valence electrons. The molecule has 1 saturated carbocycles. The average Bonchev–Trinajstić information content (AvgIpc) is 3.43. The Morgan fingerprint density at radius 3 is 2.88 bits per heavy atom. The summed E-state index contributed by atoms with van der Waals surface area (Å²) in [7, 11) is 1.87. The van der Waals surface area contributed by atoms with E-state index in [0.717, 1.165) is 45.1 Å². The van der Waals surface area contributed by atoms with E-state index in [2.05, 4.69) is 26.5 Å². The van der Waals surface area contributed by atoms with E-state index in [9.17, 15) is 4.79 Å². The van der Waals surface area contributed by atoms with Crippen LogP contribution in [0, 0.1) is 30.1 Å². The lowest BCUT2D eigenvalue weighted by Gasteiger charge is -2.14. The van der Waals surface area contributed by atoms with E-state index in [0.29, 0.717) is 17.9 Å². The van der Waals surface area contributed by atoms with E-state index in [1.807, 2.05) is 44.4 Å². The number of aromatic nitrogens is 4. The summed E-state index contributed by atoms with van der Waals surface area (Å²) in [5.41, 5.74) is 11.8. The van der Waals surface area contributed by atoms with Crippen LogP contribution in [-0.2, 0) is 11.8 Å². The Kier molecular flexibility index (Phi) is 5.02. The third-order valence-corrected chi connectivity index (χ3v) is 6.16. The standard InChI is InChI=1S/C25H23N7O/c1-14-4-6-28-24(18-11-30-32(2)13-18)23(14)17-7-16-10-22(29-12-20(16)21(27)9-17)31-25(33)19-8-15(19)3-5-26/h4,6-7,9-13,15,19H,3,8,27H2,1-2H3,(H,29,31,33). The van der Waals surface area contributed by atoms with Gasteiger partial charge in [0.2, 0.25) is 5.91 Å². The van der Waals surface area contributed by atoms with Gasteiger partial charge in [0, 0.05) is 60.2 Å². The summed E-state index contributed by atoms with van der Waals surface area (Å²) >= 11 is 0. The van der Waals surface area contributed by atoms with Crippen LogP contribution in [0.25, 0.3) is 33.2 Å². The molecule has 5 rings (SSSR count). The molecule has 2 unspecified atom stereocenters. The molecule has 0 saturated heterocycles. The molecule has 1 fully saturated rings. The lowest BCUT2D eigenvalue weighted by Crippen LogP contribution is -2.15. The lowest BCUT2D eigenvalue weighted by molar-refractivity contribution is -0.117. The van der Waals surface area contributed by atoms with Crippen LogP contribution < -0.4 is 11.1 Å². The maximum atomic E-state index is 12.5. The number of nitrogens with zero attached hydrogens (tertiary/aromatic N) is 5. The van der Waals surface area contributed by atoms with Crippen molar-refractivity contribution in [2.75, 3.05) is 11.1 Å². The molecule has 1 amide bonds. The third kappa shape index (κ3) is 3.89. The van der Waals surface area contributed by atoms with Crippen molar-refractivity contribution in [2.45, 2.75) is 19.8 Å². The molecule has 3 N–H and O–H groups in total. The van der Waals surface area contributed by atoms with E-state index in [4.69, 9.17) is 11.0 Å². The summed E-state index contributed by atoms with van der Waals surface area (Å²) in [4.78, 5) is 21.5.